The summed E-state index contributed by atoms with van der Waals surface area (Å²) in [4.78, 5) is 26.1. The molecule has 2 atom stereocenters. The Morgan fingerprint density at radius 3 is 2.53 bits per heavy atom. The first kappa shape index (κ1) is 21.7. The maximum Gasteiger partial charge on any atom is 0.411 e. The molecule has 6 nitrogen and oxygen atoms in total. The van der Waals surface area contributed by atoms with Crippen molar-refractivity contribution in [2.45, 2.75) is 31.4 Å². The quantitative estimate of drug-likeness (QED) is 0.741. The van der Waals surface area contributed by atoms with Gasteiger partial charge in [-0.2, -0.15) is 0 Å². The van der Waals surface area contributed by atoms with Crippen LogP contribution in [-0.4, -0.2) is 45.1 Å². The van der Waals surface area contributed by atoms with Gasteiger partial charge >= 0.3 is 12.2 Å². The van der Waals surface area contributed by atoms with Gasteiger partial charge in [-0.3, -0.25) is 0 Å². The normalized spacial score (nSPS) is 19.7. The van der Waals surface area contributed by atoms with Crippen molar-refractivity contribution in [2.24, 2.45) is 0 Å². The molecular formula is C22H26BFN2O4. The molecule has 1 fully saturated rings. The molecule has 2 aromatic carbocycles. The molecule has 0 aliphatic carbocycles. The number of ether oxygens (including phenoxy) is 2. The van der Waals surface area contributed by atoms with Crippen molar-refractivity contribution in [1.29, 1.82) is 0 Å². The van der Waals surface area contributed by atoms with E-state index in [-0.39, 0.29) is 18.4 Å². The minimum atomic E-state index is -0.949. The minimum absolute atomic E-state index is 0.141. The third kappa shape index (κ3) is 4.75. The van der Waals surface area contributed by atoms with Crippen molar-refractivity contribution in [1.82, 2.24) is 10.2 Å². The standard InChI is InChI=1S/C22H26BFN2O4/c1-15(16-3-7-18(23)8-4-16)26-14-12-22(30-21(26)28,11-13-25-20(27)29-2)17-5-9-19(24)10-6-17/h3-10,15H,11-14,23H2,1-2H3,(H,25,27)/t15-,22+/m0/s1. The van der Waals surface area contributed by atoms with Crippen LogP contribution in [0.15, 0.2) is 48.5 Å². The predicted molar refractivity (Wildman–Crippen MR) is 114 cm³/mol. The number of hydrogen-bond donors (Lipinski definition) is 1. The van der Waals surface area contributed by atoms with Crippen molar-refractivity contribution in [3.63, 3.8) is 0 Å². The van der Waals surface area contributed by atoms with Crippen LogP contribution in [0.5, 0.6) is 0 Å². The molecular weight excluding hydrogens is 386 g/mol. The van der Waals surface area contributed by atoms with Crippen LogP contribution in [0, 0.1) is 5.82 Å². The Morgan fingerprint density at radius 1 is 1.27 bits per heavy atom. The van der Waals surface area contributed by atoms with Gasteiger partial charge in [0.1, 0.15) is 19.3 Å². The summed E-state index contributed by atoms with van der Waals surface area (Å²) in [6.45, 7) is 2.70. The van der Waals surface area contributed by atoms with Crippen molar-refractivity contribution < 1.29 is 23.5 Å². The average molecular weight is 412 g/mol. The van der Waals surface area contributed by atoms with Gasteiger partial charge < -0.3 is 19.7 Å². The summed E-state index contributed by atoms with van der Waals surface area (Å²) in [7, 11) is 3.30. The number of rotatable bonds is 6. The first-order chi connectivity index (χ1) is 14.3. The first-order valence-corrected chi connectivity index (χ1v) is 9.99. The molecule has 1 N–H and O–H groups in total. The van der Waals surface area contributed by atoms with E-state index in [0.29, 0.717) is 24.9 Å². The fourth-order valence-electron chi connectivity index (χ4n) is 3.76. The third-order valence-electron chi connectivity index (χ3n) is 5.65. The molecule has 8 heteroatoms. The molecule has 2 amide bonds. The number of halogens is 1. The van der Waals surface area contributed by atoms with E-state index in [1.165, 1.54) is 19.2 Å². The Morgan fingerprint density at radius 2 is 1.93 bits per heavy atom. The van der Waals surface area contributed by atoms with E-state index in [2.05, 4.69) is 10.1 Å². The number of amides is 2. The lowest BCUT2D eigenvalue weighted by Gasteiger charge is -2.43. The Balaban J connectivity index is 1.79. The minimum Gasteiger partial charge on any atom is -0.453 e. The number of nitrogens with one attached hydrogen (secondary N) is 1. The van der Waals surface area contributed by atoms with E-state index in [1.54, 1.807) is 17.0 Å². The summed E-state index contributed by atoms with van der Waals surface area (Å²) in [5, 5.41) is 2.63. The fourth-order valence-corrected chi connectivity index (χ4v) is 3.76. The molecule has 0 radical (unpaired) electrons. The highest BCUT2D eigenvalue weighted by atomic mass is 19.1. The lowest BCUT2D eigenvalue weighted by molar-refractivity contribution is -0.0648. The summed E-state index contributed by atoms with van der Waals surface area (Å²) in [5.41, 5.74) is 1.93. The van der Waals surface area contributed by atoms with Gasteiger partial charge in [0.25, 0.3) is 0 Å². The fraction of sp³-hybridized carbons (Fsp3) is 0.364. The molecule has 1 heterocycles. The van der Waals surface area contributed by atoms with E-state index in [0.717, 1.165) is 11.0 Å². The average Bonchev–Trinajstić information content (AvgIpc) is 2.74. The van der Waals surface area contributed by atoms with Gasteiger partial charge in [0.05, 0.1) is 13.2 Å². The van der Waals surface area contributed by atoms with Crippen LogP contribution in [0.1, 0.15) is 36.9 Å². The zero-order valence-electron chi connectivity index (χ0n) is 17.5. The number of methoxy groups -OCH3 is 1. The van der Waals surface area contributed by atoms with Crippen LogP contribution in [0.2, 0.25) is 0 Å². The lowest BCUT2D eigenvalue weighted by atomic mass is 9.85. The highest BCUT2D eigenvalue weighted by molar-refractivity contribution is 6.32. The Labute approximate surface area is 176 Å². The molecule has 30 heavy (non-hydrogen) atoms. The number of alkyl carbamates (subject to hydrolysis) is 1. The summed E-state index contributed by atoms with van der Waals surface area (Å²) in [6.07, 6.45) is -0.118. The van der Waals surface area contributed by atoms with E-state index >= 15 is 0 Å². The molecule has 1 aliphatic rings. The van der Waals surface area contributed by atoms with Gasteiger partial charge in [-0.05, 0) is 30.2 Å². The number of carbonyl (C=O) groups excluding carboxylic acids is 2. The SMILES string of the molecule is Bc1ccc([C@H](C)N2CC[C@](CCNC(=O)OC)(c3ccc(F)cc3)OC2=O)cc1. The monoisotopic (exact) mass is 412 g/mol. The number of carbonyl (C=O) groups is 2. The molecule has 0 aromatic heterocycles. The summed E-state index contributed by atoms with van der Waals surface area (Å²) in [6, 6.07) is 13.9. The molecule has 1 saturated heterocycles. The van der Waals surface area contributed by atoms with Gasteiger partial charge in [0.2, 0.25) is 0 Å². The smallest absolute Gasteiger partial charge is 0.411 e. The third-order valence-corrected chi connectivity index (χ3v) is 5.65. The number of hydrogen-bond acceptors (Lipinski definition) is 4. The highest BCUT2D eigenvalue weighted by Crippen LogP contribution is 2.39. The van der Waals surface area contributed by atoms with Gasteiger partial charge in [-0.15, -0.1) is 0 Å². The van der Waals surface area contributed by atoms with Crippen molar-refractivity contribution in [3.05, 3.63) is 65.5 Å². The predicted octanol–water partition coefficient (Wildman–Crippen LogP) is 2.63. The van der Waals surface area contributed by atoms with Gasteiger partial charge in [-0.25, -0.2) is 14.0 Å². The Kier molecular flexibility index (Phi) is 6.64. The van der Waals surface area contributed by atoms with Crippen LogP contribution in [-0.2, 0) is 15.1 Å². The highest BCUT2D eigenvalue weighted by Gasteiger charge is 2.43. The molecule has 3 rings (SSSR count). The van der Waals surface area contributed by atoms with Gasteiger partial charge in [-0.1, -0.05) is 41.9 Å². The number of nitrogens with zero attached hydrogens (tertiary/aromatic N) is 1. The maximum absolute atomic E-state index is 13.5. The maximum atomic E-state index is 13.5. The van der Waals surface area contributed by atoms with Crippen molar-refractivity contribution in [3.8, 4) is 0 Å². The molecule has 0 bridgehead atoms. The van der Waals surface area contributed by atoms with E-state index in [4.69, 9.17) is 4.74 Å². The van der Waals surface area contributed by atoms with Gasteiger partial charge in [0.15, 0.2) is 0 Å². The Hall–Kier alpha value is -3.03. The number of cyclic esters (lactones) is 1. The largest absolute Gasteiger partial charge is 0.453 e. The zero-order valence-corrected chi connectivity index (χ0v) is 17.5. The topological polar surface area (TPSA) is 67.9 Å². The summed E-state index contributed by atoms with van der Waals surface area (Å²) >= 11 is 0. The van der Waals surface area contributed by atoms with Crippen LogP contribution < -0.4 is 10.8 Å². The number of benzene rings is 2. The zero-order chi connectivity index (χ0) is 21.7. The molecule has 0 spiro atoms. The second-order valence-corrected chi connectivity index (χ2v) is 7.57. The first-order valence-electron chi connectivity index (χ1n) is 9.99. The Bertz CT molecular complexity index is 891. The van der Waals surface area contributed by atoms with Gasteiger partial charge in [0, 0.05) is 25.9 Å². The summed E-state index contributed by atoms with van der Waals surface area (Å²) in [5.74, 6) is -0.363. The molecule has 2 aromatic rings. The van der Waals surface area contributed by atoms with Crippen molar-refractivity contribution in [2.75, 3.05) is 20.2 Å². The van der Waals surface area contributed by atoms with Crippen molar-refractivity contribution >= 4 is 25.5 Å². The van der Waals surface area contributed by atoms with E-state index in [9.17, 15) is 14.0 Å². The summed E-state index contributed by atoms with van der Waals surface area (Å²) < 4.78 is 24.0. The molecule has 158 valence electrons. The van der Waals surface area contributed by atoms with Crippen LogP contribution >= 0.6 is 0 Å². The van der Waals surface area contributed by atoms with Crippen LogP contribution in [0.3, 0.4) is 0 Å². The molecule has 0 unspecified atom stereocenters. The molecule has 1 aliphatic heterocycles. The van der Waals surface area contributed by atoms with E-state index < -0.39 is 17.8 Å². The second-order valence-electron chi connectivity index (χ2n) is 7.57. The van der Waals surface area contributed by atoms with Crippen LogP contribution in [0.4, 0.5) is 14.0 Å². The van der Waals surface area contributed by atoms with E-state index in [1.807, 2.05) is 39.0 Å². The van der Waals surface area contributed by atoms with Crippen LogP contribution in [0.25, 0.3) is 0 Å². The molecule has 0 saturated carbocycles. The lowest BCUT2D eigenvalue weighted by Crippen LogP contribution is -2.49. The second kappa shape index (κ2) is 9.20.